The average Bonchev–Trinajstić information content (AvgIpc) is 3.36. The van der Waals surface area contributed by atoms with E-state index in [1.807, 2.05) is 9.80 Å². The second-order valence-corrected chi connectivity index (χ2v) is 7.85. The number of hydrogen-bond acceptors (Lipinski definition) is 5. The molecule has 3 amide bonds. The number of ether oxygens (including phenoxy) is 1. The van der Waals surface area contributed by atoms with Gasteiger partial charge in [0.2, 0.25) is 11.8 Å². The van der Waals surface area contributed by atoms with Crippen molar-refractivity contribution in [3.63, 3.8) is 0 Å². The van der Waals surface area contributed by atoms with Gasteiger partial charge in [-0.15, -0.1) is 0 Å². The predicted octanol–water partition coefficient (Wildman–Crippen LogP) is 1.66. The minimum Gasteiger partial charge on any atom is -0.497 e. The zero-order chi connectivity index (χ0) is 19.7. The largest absolute Gasteiger partial charge is 0.497 e. The van der Waals surface area contributed by atoms with Gasteiger partial charge in [0.05, 0.1) is 31.2 Å². The summed E-state index contributed by atoms with van der Waals surface area (Å²) in [4.78, 5) is 43.7. The van der Waals surface area contributed by atoms with Crippen LogP contribution in [-0.2, 0) is 14.4 Å². The highest BCUT2D eigenvalue weighted by atomic mass is 16.5. The maximum atomic E-state index is 13.0. The van der Waals surface area contributed by atoms with Crippen LogP contribution in [0.3, 0.4) is 0 Å². The fraction of sp³-hybridized carbons (Fsp3) is 0.571. The Hall–Kier alpha value is -2.41. The molecule has 3 saturated heterocycles. The summed E-state index contributed by atoms with van der Waals surface area (Å²) in [5.41, 5.74) is 0.569. The molecule has 3 fully saturated rings. The van der Waals surface area contributed by atoms with E-state index in [2.05, 4.69) is 0 Å². The third-order valence-electron chi connectivity index (χ3n) is 6.11. The smallest absolute Gasteiger partial charge is 0.251 e. The van der Waals surface area contributed by atoms with Gasteiger partial charge in [-0.3, -0.25) is 19.3 Å². The Balaban J connectivity index is 1.45. The number of benzene rings is 1. The molecule has 150 valence electrons. The van der Waals surface area contributed by atoms with Gasteiger partial charge < -0.3 is 9.64 Å². The number of nitrogens with zero attached hydrogens (tertiary/aromatic N) is 3. The third kappa shape index (κ3) is 3.51. The van der Waals surface area contributed by atoms with Gasteiger partial charge in [-0.25, -0.2) is 4.90 Å². The summed E-state index contributed by atoms with van der Waals surface area (Å²) in [5.74, 6) is 0.451. The highest BCUT2D eigenvalue weighted by molar-refractivity contribution is 6.22. The number of hydrogen-bond donors (Lipinski definition) is 0. The Bertz CT molecular complexity index is 757. The van der Waals surface area contributed by atoms with E-state index >= 15 is 0 Å². The molecular formula is C21H27N3O4. The number of anilines is 1. The maximum Gasteiger partial charge on any atom is 0.251 e. The van der Waals surface area contributed by atoms with Crippen LogP contribution in [0.1, 0.15) is 32.1 Å². The zero-order valence-electron chi connectivity index (χ0n) is 16.3. The van der Waals surface area contributed by atoms with E-state index in [9.17, 15) is 14.4 Å². The molecule has 0 unspecified atom stereocenters. The molecule has 3 aliphatic heterocycles. The summed E-state index contributed by atoms with van der Waals surface area (Å²) in [6, 6.07) is 6.48. The number of carbonyl (C=O) groups excluding carboxylic acids is 3. The lowest BCUT2D eigenvalue weighted by Gasteiger charge is -2.36. The molecule has 0 spiro atoms. The normalized spacial score (nSPS) is 26.2. The Kier molecular flexibility index (Phi) is 5.35. The summed E-state index contributed by atoms with van der Waals surface area (Å²) in [7, 11) is 1.58. The lowest BCUT2D eigenvalue weighted by atomic mass is 9.95. The molecule has 0 aliphatic carbocycles. The molecule has 0 bridgehead atoms. The number of amides is 3. The molecule has 7 heteroatoms. The fourth-order valence-electron chi connectivity index (χ4n) is 4.59. The van der Waals surface area contributed by atoms with Crippen molar-refractivity contribution in [2.75, 3.05) is 38.2 Å². The van der Waals surface area contributed by atoms with Crippen LogP contribution < -0.4 is 9.64 Å². The number of piperidine rings is 1. The molecule has 2 atom stereocenters. The molecule has 1 aromatic rings. The summed E-state index contributed by atoms with van der Waals surface area (Å²) < 4.78 is 5.15. The monoisotopic (exact) mass is 385 g/mol. The number of likely N-dealkylation sites (tertiary alicyclic amines) is 2. The second-order valence-electron chi connectivity index (χ2n) is 7.85. The van der Waals surface area contributed by atoms with Crippen LogP contribution in [0.2, 0.25) is 0 Å². The Morgan fingerprint density at radius 2 is 1.75 bits per heavy atom. The van der Waals surface area contributed by atoms with Crippen molar-refractivity contribution in [3.8, 4) is 5.75 Å². The second kappa shape index (κ2) is 7.91. The molecule has 3 aliphatic rings. The highest BCUT2D eigenvalue weighted by Crippen LogP contribution is 2.30. The molecule has 1 aromatic carbocycles. The minimum absolute atomic E-state index is 0.0650. The van der Waals surface area contributed by atoms with Crippen molar-refractivity contribution in [1.29, 1.82) is 0 Å². The Labute approximate surface area is 165 Å². The minimum atomic E-state index is -0.469. The van der Waals surface area contributed by atoms with Crippen LogP contribution in [0.4, 0.5) is 5.69 Å². The number of imide groups is 1. The van der Waals surface area contributed by atoms with E-state index in [1.54, 1.807) is 31.4 Å². The third-order valence-corrected chi connectivity index (χ3v) is 6.11. The van der Waals surface area contributed by atoms with Crippen LogP contribution in [0.15, 0.2) is 24.3 Å². The van der Waals surface area contributed by atoms with Crippen molar-refractivity contribution in [1.82, 2.24) is 9.80 Å². The van der Waals surface area contributed by atoms with E-state index in [0.717, 1.165) is 45.3 Å². The van der Waals surface area contributed by atoms with Gasteiger partial charge in [0.15, 0.2) is 0 Å². The molecular weight excluding hydrogens is 358 g/mol. The molecule has 0 N–H and O–H groups in total. The first-order valence-corrected chi connectivity index (χ1v) is 10.1. The van der Waals surface area contributed by atoms with Gasteiger partial charge in [-0.2, -0.15) is 0 Å². The van der Waals surface area contributed by atoms with E-state index in [1.165, 1.54) is 4.90 Å². The SMILES string of the molecule is COc1ccc(N2C(=O)C[C@H](N3CCC[C@H](C(=O)N4CCCC4)C3)C2=O)cc1. The van der Waals surface area contributed by atoms with Gasteiger partial charge in [0.25, 0.3) is 5.91 Å². The first-order valence-electron chi connectivity index (χ1n) is 10.1. The predicted molar refractivity (Wildman–Crippen MR) is 104 cm³/mol. The van der Waals surface area contributed by atoms with Gasteiger partial charge >= 0.3 is 0 Å². The molecule has 0 radical (unpaired) electrons. The van der Waals surface area contributed by atoms with E-state index < -0.39 is 6.04 Å². The molecule has 3 heterocycles. The van der Waals surface area contributed by atoms with Gasteiger partial charge in [0.1, 0.15) is 5.75 Å². The van der Waals surface area contributed by atoms with E-state index in [4.69, 9.17) is 4.74 Å². The Morgan fingerprint density at radius 1 is 1.04 bits per heavy atom. The molecule has 7 nitrogen and oxygen atoms in total. The molecule has 0 saturated carbocycles. The number of methoxy groups -OCH3 is 1. The summed E-state index contributed by atoms with van der Waals surface area (Å²) in [6.07, 6.45) is 4.08. The van der Waals surface area contributed by atoms with Crippen LogP contribution >= 0.6 is 0 Å². The van der Waals surface area contributed by atoms with Crippen LogP contribution in [0.25, 0.3) is 0 Å². The van der Waals surface area contributed by atoms with E-state index in [-0.39, 0.29) is 30.1 Å². The molecule has 4 rings (SSSR count). The summed E-state index contributed by atoms with van der Waals surface area (Å²) in [6.45, 7) is 3.02. The average molecular weight is 385 g/mol. The lowest BCUT2D eigenvalue weighted by Crippen LogP contribution is -2.50. The van der Waals surface area contributed by atoms with Crippen LogP contribution in [0.5, 0.6) is 5.75 Å². The summed E-state index contributed by atoms with van der Waals surface area (Å²) >= 11 is 0. The Morgan fingerprint density at radius 3 is 2.43 bits per heavy atom. The van der Waals surface area contributed by atoms with Crippen molar-refractivity contribution >= 4 is 23.4 Å². The van der Waals surface area contributed by atoms with Crippen LogP contribution in [0, 0.1) is 5.92 Å². The summed E-state index contributed by atoms with van der Waals surface area (Å²) in [5, 5.41) is 0. The fourth-order valence-corrected chi connectivity index (χ4v) is 4.59. The van der Waals surface area contributed by atoms with Crippen molar-refractivity contribution < 1.29 is 19.1 Å². The molecule has 0 aromatic heterocycles. The number of carbonyl (C=O) groups is 3. The lowest BCUT2D eigenvalue weighted by molar-refractivity contribution is -0.137. The maximum absolute atomic E-state index is 13.0. The van der Waals surface area contributed by atoms with Crippen LogP contribution in [-0.4, -0.2) is 66.9 Å². The van der Waals surface area contributed by atoms with Crippen molar-refractivity contribution in [2.24, 2.45) is 5.92 Å². The standard InChI is InChI=1S/C21H27N3O4/c1-28-17-8-6-16(7-9-17)24-19(25)13-18(21(24)27)23-12-4-5-15(14-23)20(26)22-10-2-3-11-22/h6-9,15,18H,2-5,10-14H2,1H3/t15-,18-/m0/s1. The zero-order valence-corrected chi connectivity index (χ0v) is 16.3. The first kappa shape index (κ1) is 18.9. The number of rotatable bonds is 4. The van der Waals surface area contributed by atoms with Gasteiger partial charge in [0, 0.05) is 19.6 Å². The quantitative estimate of drug-likeness (QED) is 0.738. The topological polar surface area (TPSA) is 70.2 Å². The molecule has 28 heavy (non-hydrogen) atoms. The first-order chi connectivity index (χ1) is 13.6. The highest BCUT2D eigenvalue weighted by Gasteiger charge is 2.44. The van der Waals surface area contributed by atoms with E-state index in [0.29, 0.717) is 18.0 Å². The van der Waals surface area contributed by atoms with Gasteiger partial charge in [-0.1, -0.05) is 0 Å². The van der Waals surface area contributed by atoms with Gasteiger partial charge in [-0.05, 0) is 56.5 Å². The van der Waals surface area contributed by atoms with Crippen molar-refractivity contribution in [2.45, 2.75) is 38.1 Å². The van der Waals surface area contributed by atoms with Crippen molar-refractivity contribution in [3.05, 3.63) is 24.3 Å².